The molecule has 0 radical (unpaired) electrons. The summed E-state index contributed by atoms with van der Waals surface area (Å²) in [7, 11) is 0. The molecule has 0 bridgehead atoms. The summed E-state index contributed by atoms with van der Waals surface area (Å²) in [5, 5.41) is 13.2. The van der Waals surface area contributed by atoms with Crippen LogP contribution in [-0.4, -0.2) is 20.5 Å². The van der Waals surface area contributed by atoms with E-state index in [9.17, 15) is 10.0 Å². The third-order valence-corrected chi connectivity index (χ3v) is 5.64. The fourth-order valence-electron chi connectivity index (χ4n) is 4.10. The van der Waals surface area contributed by atoms with Gasteiger partial charge >= 0.3 is 0 Å². The number of benzene rings is 2. The van der Waals surface area contributed by atoms with Crippen molar-refractivity contribution in [1.29, 1.82) is 0 Å². The Morgan fingerprint density at radius 3 is 2.59 bits per heavy atom. The highest BCUT2D eigenvalue weighted by Gasteiger charge is 2.31. The third-order valence-electron chi connectivity index (χ3n) is 5.64. The van der Waals surface area contributed by atoms with Crippen molar-refractivity contribution in [1.82, 2.24) is 9.55 Å². The zero-order valence-electron chi connectivity index (χ0n) is 16.7. The molecule has 1 heterocycles. The zero-order valence-corrected chi connectivity index (χ0v) is 16.7. The van der Waals surface area contributed by atoms with E-state index in [-0.39, 0.29) is 17.5 Å². The number of rotatable bonds is 4. The molecule has 1 unspecified atom stereocenters. The summed E-state index contributed by atoms with van der Waals surface area (Å²) in [5.74, 6) is -0.263. The molecular formula is C24H25N3O2. The minimum Gasteiger partial charge on any atom is -0.411 e. The number of fused-ring (bicyclic) bond motifs is 1. The Morgan fingerprint density at radius 1 is 1.10 bits per heavy atom. The molecule has 1 N–H and O–H groups in total. The monoisotopic (exact) mass is 387 g/mol. The molecule has 0 saturated heterocycles. The van der Waals surface area contributed by atoms with Gasteiger partial charge in [-0.05, 0) is 49.8 Å². The average molecular weight is 387 g/mol. The van der Waals surface area contributed by atoms with E-state index in [1.165, 1.54) is 0 Å². The molecule has 5 nitrogen and oxygen atoms in total. The highest BCUT2D eigenvalue weighted by molar-refractivity contribution is 5.92. The van der Waals surface area contributed by atoms with E-state index in [1.807, 2.05) is 38.1 Å². The van der Waals surface area contributed by atoms with Gasteiger partial charge in [-0.1, -0.05) is 59.8 Å². The summed E-state index contributed by atoms with van der Waals surface area (Å²) in [6.45, 7) is 3.94. The predicted octanol–water partition coefficient (Wildman–Crippen LogP) is 4.59. The van der Waals surface area contributed by atoms with Crippen LogP contribution >= 0.6 is 0 Å². The molecular weight excluding hydrogens is 362 g/mol. The highest BCUT2D eigenvalue weighted by Crippen LogP contribution is 2.31. The van der Waals surface area contributed by atoms with Crippen LogP contribution in [0.3, 0.4) is 0 Å². The maximum atomic E-state index is 13.2. The van der Waals surface area contributed by atoms with Crippen molar-refractivity contribution in [3.8, 4) is 11.1 Å². The first kappa shape index (κ1) is 19.1. The Balaban J connectivity index is 1.76. The van der Waals surface area contributed by atoms with Gasteiger partial charge in [0.25, 0.3) is 5.56 Å². The van der Waals surface area contributed by atoms with E-state index in [0.29, 0.717) is 30.5 Å². The Morgan fingerprint density at radius 2 is 1.86 bits per heavy atom. The first-order chi connectivity index (χ1) is 14.1. The van der Waals surface area contributed by atoms with Gasteiger partial charge in [0.1, 0.15) is 0 Å². The number of nitrogens with zero attached hydrogens (tertiary/aromatic N) is 3. The summed E-state index contributed by atoms with van der Waals surface area (Å²) < 4.78 is 1.66. The van der Waals surface area contributed by atoms with Gasteiger partial charge in [-0.2, -0.15) is 0 Å². The van der Waals surface area contributed by atoms with Crippen LogP contribution < -0.4 is 5.56 Å². The molecule has 1 aromatic heterocycles. The van der Waals surface area contributed by atoms with Crippen molar-refractivity contribution in [2.75, 3.05) is 0 Å². The van der Waals surface area contributed by atoms with Gasteiger partial charge < -0.3 is 5.21 Å². The van der Waals surface area contributed by atoms with Crippen LogP contribution in [0, 0.1) is 0 Å². The molecule has 0 aliphatic heterocycles. The van der Waals surface area contributed by atoms with Crippen molar-refractivity contribution < 1.29 is 5.21 Å². The number of aromatic nitrogens is 2. The smallest absolute Gasteiger partial charge is 0.257 e. The van der Waals surface area contributed by atoms with E-state index in [4.69, 9.17) is 0 Å². The normalized spacial score (nSPS) is 17.5. The number of hydrogen-bond acceptors (Lipinski definition) is 4. The van der Waals surface area contributed by atoms with Gasteiger partial charge in [0.15, 0.2) is 0 Å². The molecule has 148 valence electrons. The van der Waals surface area contributed by atoms with Gasteiger partial charge in [0.05, 0.1) is 17.7 Å². The summed E-state index contributed by atoms with van der Waals surface area (Å²) in [4.78, 5) is 17.7. The summed E-state index contributed by atoms with van der Waals surface area (Å²) >= 11 is 0. The van der Waals surface area contributed by atoms with Gasteiger partial charge in [-0.3, -0.25) is 9.36 Å². The SMILES string of the molecule is CC(C)n1cnc2c(c1=O)C(Cc1cccc(-c3ccccc3)c1)/C(=N/O)CC2. The molecule has 2 aromatic carbocycles. The second-order valence-electron chi connectivity index (χ2n) is 7.83. The van der Waals surface area contributed by atoms with Crippen LogP contribution in [0.5, 0.6) is 0 Å². The van der Waals surface area contributed by atoms with Crippen molar-refractivity contribution >= 4 is 5.71 Å². The van der Waals surface area contributed by atoms with Gasteiger partial charge in [-0.15, -0.1) is 0 Å². The molecule has 5 heteroatoms. The van der Waals surface area contributed by atoms with E-state index in [0.717, 1.165) is 22.4 Å². The van der Waals surface area contributed by atoms with E-state index >= 15 is 0 Å². The fourth-order valence-corrected chi connectivity index (χ4v) is 4.10. The summed E-state index contributed by atoms with van der Waals surface area (Å²) in [6, 6.07) is 18.6. The maximum absolute atomic E-state index is 13.2. The Kier molecular flexibility index (Phi) is 5.30. The van der Waals surface area contributed by atoms with Crippen LogP contribution in [0.15, 0.2) is 70.9 Å². The van der Waals surface area contributed by atoms with Crippen LogP contribution in [0.2, 0.25) is 0 Å². The zero-order chi connectivity index (χ0) is 20.4. The lowest BCUT2D eigenvalue weighted by atomic mass is 9.80. The van der Waals surface area contributed by atoms with Gasteiger partial charge in [0.2, 0.25) is 0 Å². The predicted molar refractivity (Wildman–Crippen MR) is 115 cm³/mol. The van der Waals surface area contributed by atoms with Crippen molar-refractivity contribution in [2.45, 2.75) is 45.1 Å². The lowest BCUT2D eigenvalue weighted by Gasteiger charge is -2.26. The fraction of sp³-hybridized carbons (Fsp3) is 0.292. The lowest BCUT2D eigenvalue weighted by molar-refractivity contribution is 0.314. The standard InChI is InChI=1S/C24H25N3O2/c1-16(2)27-15-25-22-12-11-21(26-29)20(23(22)24(27)28)14-17-7-6-10-19(13-17)18-8-4-3-5-9-18/h3-10,13,15-16,20,29H,11-12,14H2,1-2H3/b26-21+. The minimum atomic E-state index is -0.263. The quantitative estimate of drug-likeness (QED) is 0.526. The Bertz CT molecular complexity index is 1100. The molecule has 29 heavy (non-hydrogen) atoms. The second-order valence-corrected chi connectivity index (χ2v) is 7.83. The molecule has 0 amide bonds. The van der Waals surface area contributed by atoms with Crippen molar-refractivity contribution in [3.63, 3.8) is 0 Å². The Hall–Kier alpha value is -3.21. The summed E-state index contributed by atoms with van der Waals surface area (Å²) in [6.07, 6.45) is 3.49. The van der Waals surface area contributed by atoms with Crippen LogP contribution in [0.1, 0.15) is 49.0 Å². The molecule has 0 saturated carbocycles. The first-order valence-corrected chi connectivity index (χ1v) is 10.0. The van der Waals surface area contributed by atoms with Crippen LogP contribution in [-0.2, 0) is 12.8 Å². The van der Waals surface area contributed by atoms with Crippen LogP contribution in [0.25, 0.3) is 11.1 Å². The molecule has 0 spiro atoms. The van der Waals surface area contributed by atoms with E-state index < -0.39 is 0 Å². The highest BCUT2D eigenvalue weighted by atomic mass is 16.4. The van der Waals surface area contributed by atoms with Crippen molar-refractivity contribution in [2.24, 2.45) is 5.16 Å². The number of oxime groups is 1. The molecule has 4 rings (SSSR count). The largest absolute Gasteiger partial charge is 0.411 e. The topological polar surface area (TPSA) is 67.5 Å². The number of aryl methyl sites for hydroxylation is 1. The molecule has 0 fully saturated rings. The second kappa shape index (κ2) is 8.03. The lowest BCUT2D eigenvalue weighted by Crippen LogP contribution is -2.35. The van der Waals surface area contributed by atoms with Crippen LogP contribution in [0.4, 0.5) is 0 Å². The van der Waals surface area contributed by atoms with Gasteiger partial charge in [-0.25, -0.2) is 4.98 Å². The number of hydrogen-bond donors (Lipinski definition) is 1. The van der Waals surface area contributed by atoms with Crippen molar-refractivity contribution in [3.05, 3.63) is 88.1 Å². The third kappa shape index (κ3) is 3.73. The van der Waals surface area contributed by atoms with E-state index in [1.54, 1.807) is 10.9 Å². The van der Waals surface area contributed by atoms with Gasteiger partial charge in [0, 0.05) is 17.5 Å². The molecule has 1 aliphatic rings. The van der Waals surface area contributed by atoms with E-state index in [2.05, 4.69) is 40.5 Å². The molecule has 1 atom stereocenters. The maximum Gasteiger partial charge on any atom is 0.257 e. The molecule has 3 aromatic rings. The summed E-state index contributed by atoms with van der Waals surface area (Å²) in [5.41, 5.74) is 5.50. The first-order valence-electron chi connectivity index (χ1n) is 10.0. The molecule has 1 aliphatic carbocycles. The average Bonchev–Trinajstić information content (AvgIpc) is 2.74. The Labute approximate surface area is 170 Å². The minimum absolute atomic E-state index is 0.0267.